The summed E-state index contributed by atoms with van der Waals surface area (Å²) in [6.45, 7) is 1.06. The topological polar surface area (TPSA) is 66.0 Å². The molecule has 0 aliphatic rings. The fourth-order valence-corrected chi connectivity index (χ4v) is 1.94. The average Bonchev–Trinajstić information content (AvgIpc) is 2.58. The number of hydrogen-bond acceptors (Lipinski definition) is 4. The number of para-hydroxylation sites is 2. The second-order valence-corrected chi connectivity index (χ2v) is 4.62. The van der Waals surface area contributed by atoms with Crippen molar-refractivity contribution < 1.29 is 9.47 Å². The van der Waals surface area contributed by atoms with E-state index in [9.17, 15) is 0 Å². The molecule has 0 unspecified atom stereocenters. The Kier molecular flexibility index (Phi) is 5.84. The van der Waals surface area contributed by atoms with Gasteiger partial charge in [-0.15, -0.1) is 0 Å². The Morgan fingerprint density at radius 1 is 0.682 bits per heavy atom. The molecule has 0 radical (unpaired) electrons. The van der Waals surface area contributed by atoms with E-state index in [2.05, 4.69) is 12.1 Å². The van der Waals surface area contributed by atoms with Crippen molar-refractivity contribution in [3.63, 3.8) is 0 Å². The van der Waals surface area contributed by atoms with Crippen LogP contribution in [0.5, 0.6) is 11.5 Å². The van der Waals surface area contributed by atoms with Crippen LogP contribution in [0.25, 0.3) is 0 Å². The molecule has 110 valence electrons. The van der Waals surface area contributed by atoms with Crippen LogP contribution in [0.2, 0.25) is 0 Å². The van der Waals surface area contributed by atoms with Gasteiger partial charge in [-0.3, -0.25) is 0 Å². The first-order valence-corrected chi connectivity index (χ1v) is 7.09. The van der Waals surface area contributed by atoms with E-state index in [4.69, 9.17) is 20.0 Å². The molecule has 0 aromatic heterocycles. The lowest BCUT2D eigenvalue weighted by molar-refractivity contribution is 0.266. The lowest BCUT2D eigenvalue weighted by atomic mass is 10.2. The van der Waals surface area contributed by atoms with Gasteiger partial charge in [0.1, 0.15) is 23.6 Å². The van der Waals surface area contributed by atoms with Gasteiger partial charge in [0, 0.05) is 0 Å². The van der Waals surface area contributed by atoms with Gasteiger partial charge < -0.3 is 9.47 Å². The lowest BCUT2D eigenvalue weighted by Gasteiger charge is -2.09. The van der Waals surface area contributed by atoms with E-state index >= 15 is 0 Å². The highest BCUT2D eigenvalue weighted by molar-refractivity contribution is 5.43. The fourth-order valence-electron chi connectivity index (χ4n) is 1.94. The van der Waals surface area contributed by atoms with Crippen LogP contribution >= 0.6 is 0 Å². The van der Waals surface area contributed by atoms with E-state index in [-0.39, 0.29) is 0 Å². The van der Waals surface area contributed by atoms with Crippen molar-refractivity contribution in [1.82, 2.24) is 0 Å². The Morgan fingerprint density at radius 2 is 1.09 bits per heavy atom. The lowest BCUT2D eigenvalue weighted by Crippen LogP contribution is -2.04. The first-order chi connectivity index (χ1) is 10.8. The highest BCUT2D eigenvalue weighted by Crippen LogP contribution is 2.18. The second kappa shape index (κ2) is 8.34. The molecule has 0 atom stereocenters. The maximum atomic E-state index is 8.96. The smallest absolute Gasteiger partial charge is 0.137 e. The minimum atomic E-state index is 0.530. The van der Waals surface area contributed by atoms with Gasteiger partial charge >= 0.3 is 0 Å². The highest BCUT2D eigenvalue weighted by atomic mass is 16.5. The number of unbranched alkanes of at least 4 members (excludes halogenated alkanes) is 1. The summed E-state index contributed by atoms with van der Waals surface area (Å²) in [4.78, 5) is 0. The molecule has 0 N–H and O–H groups in total. The molecule has 0 aliphatic carbocycles. The van der Waals surface area contributed by atoms with Gasteiger partial charge in [-0.1, -0.05) is 24.3 Å². The summed E-state index contributed by atoms with van der Waals surface area (Å²) in [5.74, 6) is 1.22. The molecule has 0 fully saturated rings. The van der Waals surface area contributed by atoms with Gasteiger partial charge in [0.2, 0.25) is 0 Å². The molecule has 2 aromatic carbocycles. The van der Waals surface area contributed by atoms with E-state index in [1.54, 1.807) is 24.3 Å². The number of rotatable bonds is 7. The van der Waals surface area contributed by atoms with Crippen molar-refractivity contribution in [3.8, 4) is 23.6 Å². The molecule has 22 heavy (non-hydrogen) atoms. The normalized spacial score (nSPS) is 9.55. The molecular formula is C18H16N2O2. The van der Waals surface area contributed by atoms with Gasteiger partial charge in [-0.25, -0.2) is 0 Å². The van der Waals surface area contributed by atoms with E-state index < -0.39 is 0 Å². The Hall–Kier alpha value is -2.98. The van der Waals surface area contributed by atoms with Crippen molar-refractivity contribution in [2.24, 2.45) is 0 Å². The second-order valence-electron chi connectivity index (χ2n) is 4.62. The molecule has 0 heterocycles. The summed E-state index contributed by atoms with van der Waals surface area (Å²) in [6.07, 6.45) is 1.63. The molecule has 2 aromatic rings. The predicted molar refractivity (Wildman–Crippen MR) is 82.5 cm³/mol. The van der Waals surface area contributed by atoms with Crippen molar-refractivity contribution in [2.45, 2.75) is 12.8 Å². The molecule has 0 spiro atoms. The van der Waals surface area contributed by atoms with Gasteiger partial charge in [-0.2, -0.15) is 10.5 Å². The number of nitriles is 2. The van der Waals surface area contributed by atoms with Crippen LogP contribution in [0.4, 0.5) is 0 Å². The molecule has 0 amide bonds. The highest BCUT2D eigenvalue weighted by Gasteiger charge is 2.03. The number of nitrogens with zero attached hydrogens (tertiary/aromatic N) is 2. The van der Waals surface area contributed by atoms with Crippen LogP contribution in [0.1, 0.15) is 24.0 Å². The first kappa shape index (κ1) is 15.4. The zero-order valence-electron chi connectivity index (χ0n) is 12.2. The zero-order valence-corrected chi connectivity index (χ0v) is 12.2. The number of ether oxygens (including phenoxy) is 2. The van der Waals surface area contributed by atoms with Crippen LogP contribution in [0.15, 0.2) is 48.5 Å². The fraction of sp³-hybridized carbons (Fsp3) is 0.222. The largest absolute Gasteiger partial charge is 0.492 e. The Morgan fingerprint density at radius 3 is 1.50 bits per heavy atom. The van der Waals surface area contributed by atoms with E-state index in [1.807, 2.05) is 24.3 Å². The van der Waals surface area contributed by atoms with Crippen LogP contribution in [0.3, 0.4) is 0 Å². The maximum absolute atomic E-state index is 8.96. The Bertz CT molecular complexity index is 637. The third kappa shape index (κ3) is 4.26. The van der Waals surface area contributed by atoms with Crippen LogP contribution in [-0.2, 0) is 0 Å². The zero-order chi connectivity index (χ0) is 15.6. The monoisotopic (exact) mass is 292 g/mol. The summed E-state index contributed by atoms with van der Waals surface area (Å²) < 4.78 is 11.2. The SMILES string of the molecule is N#Cc1ccccc1OCCCCOc1ccccc1C#N. The Balaban J connectivity index is 1.70. The van der Waals surface area contributed by atoms with Gasteiger partial charge in [0.25, 0.3) is 0 Å². The molecule has 0 bridgehead atoms. The van der Waals surface area contributed by atoms with Gasteiger partial charge in [0.05, 0.1) is 24.3 Å². The number of hydrogen-bond donors (Lipinski definition) is 0. The van der Waals surface area contributed by atoms with E-state index in [0.717, 1.165) is 12.8 Å². The third-order valence-electron chi connectivity index (χ3n) is 3.07. The van der Waals surface area contributed by atoms with Crippen molar-refractivity contribution in [2.75, 3.05) is 13.2 Å². The van der Waals surface area contributed by atoms with E-state index in [0.29, 0.717) is 35.8 Å². The molecular weight excluding hydrogens is 276 g/mol. The summed E-state index contributed by atoms with van der Waals surface area (Å²) in [7, 11) is 0. The number of benzene rings is 2. The van der Waals surface area contributed by atoms with Crippen molar-refractivity contribution >= 4 is 0 Å². The van der Waals surface area contributed by atoms with Crippen molar-refractivity contribution in [1.29, 1.82) is 10.5 Å². The van der Waals surface area contributed by atoms with Crippen LogP contribution in [0, 0.1) is 22.7 Å². The minimum Gasteiger partial charge on any atom is -0.492 e. The molecule has 2 rings (SSSR count). The van der Waals surface area contributed by atoms with Crippen molar-refractivity contribution in [3.05, 3.63) is 59.7 Å². The minimum absolute atomic E-state index is 0.530. The third-order valence-corrected chi connectivity index (χ3v) is 3.07. The Labute approximate surface area is 130 Å². The van der Waals surface area contributed by atoms with Gasteiger partial charge in [-0.05, 0) is 37.1 Å². The standard InChI is InChI=1S/C18H16N2O2/c19-13-15-7-1-3-9-17(15)21-11-5-6-12-22-18-10-4-2-8-16(18)14-20/h1-4,7-10H,5-6,11-12H2. The maximum Gasteiger partial charge on any atom is 0.137 e. The molecule has 0 saturated heterocycles. The first-order valence-electron chi connectivity index (χ1n) is 7.09. The summed E-state index contributed by atoms with van der Waals surface area (Å²) >= 11 is 0. The van der Waals surface area contributed by atoms with E-state index in [1.165, 1.54) is 0 Å². The summed E-state index contributed by atoms with van der Waals surface area (Å²) in [5, 5.41) is 17.9. The van der Waals surface area contributed by atoms with Gasteiger partial charge in [0.15, 0.2) is 0 Å². The molecule has 0 aliphatic heterocycles. The molecule has 4 heteroatoms. The molecule has 4 nitrogen and oxygen atoms in total. The van der Waals surface area contributed by atoms with Crippen LogP contribution in [-0.4, -0.2) is 13.2 Å². The average molecular weight is 292 g/mol. The summed E-state index contributed by atoms with van der Waals surface area (Å²) in [6, 6.07) is 18.6. The summed E-state index contributed by atoms with van der Waals surface area (Å²) in [5.41, 5.74) is 1.09. The molecule has 0 saturated carbocycles. The predicted octanol–water partition coefficient (Wildman–Crippen LogP) is 3.67. The van der Waals surface area contributed by atoms with Crippen LogP contribution < -0.4 is 9.47 Å². The quantitative estimate of drug-likeness (QED) is 0.730.